The molecule has 80 valence electrons. The van der Waals surface area contributed by atoms with Gasteiger partial charge in [-0.1, -0.05) is 0 Å². The lowest BCUT2D eigenvalue weighted by Gasteiger charge is -2.30. The normalized spacial score (nSPS) is 17.7. The Morgan fingerprint density at radius 3 is 2.47 bits per heavy atom. The van der Waals surface area contributed by atoms with Gasteiger partial charge in [0.05, 0.1) is 0 Å². The zero-order valence-electron chi connectivity index (χ0n) is 8.47. The van der Waals surface area contributed by atoms with Crippen molar-refractivity contribution in [3.8, 4) is 0 Å². The summed E-state index contributed by atoms with van der Waals surface area (Å²) in [6, 6.07) is 1.79. The van der Waals surface area contributed by atoms with E-state index in [0.717, 1.165) is 31.9 Å². The van der Waals surface area contributed by atoms with Crippen molar-refractivity contribution in [3.63, 3.8) is 0 Å². The number of piperidine rings is 1. The molecule has 15 heavy (non-hydrogen) atoms. The molecule has 0 spiro atoms. The minimum atomic E-state index is -0.191. The van der Waals surface area contributed by atoms with Gasteiger partial charge in [0, 0.05) is 31.4 Å². The average molecular weight is 206 g/mol. The minimum absolute atomic E-state index is 0.0185. The number of anilines is 1. The Bertz CT molecular complexity index is 333. The first-order valence-electron chi connectivity index (χ1n) is 5.08. The van der Waals surface area contributed by atoms with Gasteiger partial charge >= 0.3 is 0 Å². The SMILES string of the molecule is NC(=O)C1CCN(c2ncccn2)CC1. The average Bonchev–Trinajstić information content (AvgIpc) is 2.30. The first-order valence-corrected chi connectivity index (χ1v) is 5.08. The molecule has 0 aromatic carbocycles. The molecule has 2 N–H and O–H groups in total. The van der Waals surface area contributed by atoms with Crippen LogP contribution in [0.25, 0.3) is 0 Å². The molecular weight excluding hydrogens is 192 g/mol. The molecule has 1 aromatic heterocycles. The van der Waals surface area contributed by atoms with Crippen LogP contribution in [0.15, 0.2) is 18.5 Å². The number of hydrogen-bond acceptors (Lipinski definition) is 4. The van der Waals surface area contributed by atoms with Gasteiger partial charge in [0.2, 0.25) is 11.9 Å². The van der Waals surface area contributed by atoms with Crippen LogP contribution in [0.5, 0.6) is 0 Å². The van der Waals surface area contributed by atoms with E-state index in [2.05, 4.69) is 14.9 Å². The van der Waals surface area contributed by atoms with Crippen molar-refractivity contribution in [2.45, 2.75) is 12.8 Å². The second-order valence-corrected chi connectivity index (χ2v) is 3.71. The highest BCUT2D eigenvalue weighted by Gasteiger charge is 2.23. The number of carbonyl (C=O) groups excluding carboxylic acids is 1. The fourth-order valence-electron chi connectivity index (χ4n) is 1.82. The third-order valence-electron chi connectivity index (χ3n) is 2.73. The lowest BCUT2D eigenvalue weighted by Crippen LogP contribution is -2.39. The van der Waals surface area contributed by atoms with Gasteiger partial charge in [-0.25, -0.2) is 9.97 Å². The van der Waals surface area contributed by atoms with Crippen LogP contribution in [0.1, 0.15) is 12.8 Å². The molecule has 1 aliphatic heterocycles. The number of rotatable bonds is 2. The summed E-state index contributed by atoms with van der Waals surface area (Å²) in [5, 5.41) is 0. The van der Waals surface area contributed by atoms with Crippen LogP contribution in [0.3, 0.4) is 0 Å². The van der Waals surface area contributed by atoms with Crippen LogP contribution in [0, 0.1) is 5.92 Å². The van der Waals surface area contributed by atoms with Crippen LogP contribution in [-0.4, -0.2) is 29.0 Å². The number of nitrogens with two attached hydrogens (primary N) is 1. The highest BCUT2D eigenvalue weighted by atomic mass is 16.1. The monoisotopic (exact) mass is 206 g/mol. The quantitative estimate of drug-likeness (QED) is 0.749. The van der Waals surface area contributed by atoms with Gasteiger partial charge in [0.1, 0.15) is 0 Å². The lowest BCUT2D eigenvalue weighted by molar-refractivity contribution is -0.122. The van der Waals surface area contributed by atoms with Crippen LogP contribution in [0.4, 0.5) is 5.95 Å². The van der Waals surface area contributed by atoms with Gasteiger partial charge in [-0.2, -0.15) is 0 Å². The van der Waals surface area contributed by atoms with Gasteiger partial charge in [0.25, 0.3) is 0 Å². The van der Waals surface area contributed by atoms with Crippen LogP contribution in [-0.2, 0) is 4.79 Å². The second kappa shape index (κ2) is 4.25. The minimum Gasteiger partial charge on any atom is -0.369 e. The molecule has 5 heteroatoms. The molecule has 0 bridgehead atoms. The van der Waals surface area contributed by atoms with E-state index in [1.54, 1.807) is 18.5 Å². The molecule has 5 nitrogen and oxygen atoms in total. The van der Waals surface area contributed by atoms with E-state index < -0.39 is 0 Å². The third-order valence-corrected chi connectivity index (χ3v) is 2.73. The van der Waals surface area contributed by atoms with E-state index in [4.69, 9.17) is 5.73 Å². The fraction of sp³-hybridized carbons (Fsp3) is 0.500. The molecule has 1 amide bonds. The third kappa shape index (κ3) is 2.23. The highest BCUT2D eigenvalue weighted by molar-refractivity contribution is 5.76. The van der Waals surface area contributed by atoms with Crippen molar-refractivity contribution in [2.75, 3.05) is 18.0 Å². The second-order valence-electron chi connectivity index (χ2n) is 3.71. The van der Waals surface area contributed by atoms with E-state index in [1.807, 2.05) is 0 Å². The first-order chi connectivity index (χ1) is 7.27. The fourth-order valence-corrected chi connectivity index (χ4v) is 1.82. The Balaban J connectivity index is 1.97. The summed E-state index contributed by atoms with van der Waals surface area (Å²) >= 11 is 0. The van der Waals surface area contributed by atoms with E-state index in [9.17, 15) is 4.79 Å². The molecule has 2 rings (SSSR count). The molecule has 0 unspecified atom stereocenters. The topological polar surface area (TPSA) is 72.1 Å². The molecular formula is C10H14N4O. The van der Waals surface area contributed by atoms with Gasteiger partial charge in [-0.15, -0.1) is 0 Å². The summed E-state index contributed by atoms with van der Waals surface area (Å²) in [4.78, 5) is 21.4. The molecule has 1 aromatic rings. The molecule has 1 aliphatic rings. The van der Waals surface area contributed by atoms with Gasteiger partial charge in [-0.05, 0) is 18.9 Å². The van der Waals surface area contributed by atoms with E-state index in [-0.39, 0.29) is 11.8 Å². The molecule has 2 heterocycles. The van der Waals surface area contributed by atoms with Crippen molar-refractivity contribution >= 4 is 11.9 Å². The van der Waals surface area contributed by atoms with Gasteiger partial charge in [-0.3, -0.25) is 4.79 Å². The predicted octanol–water partition coefficient (Wildman–Crippen LogP) is 0.178. The van der Waals surface area contributed by atoms with Crippen molar-refractivity contribution in [1.29, 1.82) is 0 Å². The molecule has 1 saturated heterocycles. The largest absolute Gasteiger partial charge is 0.369 e. The highest BCUT2D eigenvalue weighted by Crippen LogP contribution is 2.19. The summed E-state index contributed by atoms with van der Waals surface area (Å²) in [6.45, 7) is 1.61. The maximum Gasteiger partial charge on any atom is 0.225 e. The molecule has 1 fully saturated rings. The summed E-state index contributed by atoms with van der Waals surface area (Å²) in [5.74, 6) is 0.564. The Kier molecular flexibility index (Phi) is 2.80. The molecule has 0 saturated carbocycles. The Morgan fingerprint density at radius 1 is 1.33 bits per heavy atom. The van der Waals surface area contributed by atoms with E-state index in [0.29, 0.717) is 0 Å². The summed E-state index contributed by atoms with van der Waals surface area (Å²) < 4.78 is 0. The van der Waals surface area contributed by atoms with E-state index in [1.165, 1.54) is 0 Å². The number of nitrogens with zero attached hydrogens (tertiary/aromatic N) is 3. The molecule has 0 aliphatic carbocycles. The number of primary amides is 1. The maximum atomic E-state index is 11.0. The van der Waals surface area contributed by atoms with Crippen LogP contribution >= 0.6 is 0 Å². The molecule has 0 atom stereocenters. The molecule has 0 radical (unpaired) electrons. The Labute approximate surface area is 88.3 Å². The number of hydrogen-bond donors (Lipinski definition) is 1. The van der Waals surface area contributed by atoms with Crippen molar-refractivity contribution in [2.24, 2.45) is 11.7 Å². The van der Waals surface area contributed by atoms with Crippen molar-refractivity contribution < 1.29 is 4.79 Å². The Morgan fingerprint density at radius 2 is 1.93 bits per heavy atom. The van der Waals surface area contributed by atoms with Gasteiger partial charge < -0.3 is 10.6 Å². The first kappa shape index (κ1) is 9.89. The smallest absolute Gasteiger partial charge is 0.225 e. The predicted molar refractivity (Wildman–Crippen MR) is 56.2 cm³/mol. The summed E-state index contributed by atoms with van der Waals surface area (Å²) in [5.41, 5.74) is 5.26. The summed E-state index contributed by atoms with van der Waals surface area (Å²) in [7, 11) is 0. The van der Waals surface area contributed by atoms with Crippen molar-refractivity contribution in [1.82, 2.24) is 9.97 Å². The lowest BCUT2D eigenvalue weighted by atomic mass is 9.96. The number of carbonyl (C=O) groups is 1. The number of aromatic nitrogens is 2. The Hall–Kier alpha value is -1.65. The van der Waals surface area contributed by atoms with Crippen LogP contribution in [0.2, 0.25) is 0 Å². The van der Waals surface area contributed by atoms with E-state index >= 15 is 0 Å². The zero-order chi connectivity index (χ0) is 10.7. The summed E-state index contributed by atoms with van der Waals surface area (Å²) in [6.07, 6.45) is 5.05. The van der Waals surface area contributed by atoms with Crippen LogP contribution < -0.4 is 10.6 Å². The maximum absolute atomic E-state index is 11.0. The van der Waals surface area contributed by atoms with Gasteiger partial charge in [0.15, 0.2) is 0 Å². The van der Waals surface area contributed by atoms with Crippen molar-refractivity contribution in [3.05, 3.63) is 18.5 Å². The standard InChI is InChI=1S/C10H14N4O/c11-9(15)8-2-6-14(7-3-8)10-12-4-1-5-13-10/h1,4-5,8H,2-3,6-7H2,(H2,11,15). The zero-order valence-corrected chi connectivity index (χ0v) is 8.47. The number of amides is 1.